The Hall–Kier alpha value is 0.0300. The number of carbonyl (C=O) groups excluding carboxylic acids is 1. The van der Waals surface area contributed by atoms with E-state index in [0.717, 1.165) is 30.9 Å². The maximum absolute atomic E-state index is 11.8. The third-order valence-electron chi connectivity index (χ3n) is 2.79. The molecular weight excluding hydrogens is 248 g/mol. The number of nitrogens with one attached hydrogen (secondary N) is 2. The van der Waals surface area contributed by atoms with Crippen LogP contribution in [0.25, 0.3) is 0 Å². The van der Waals surface area contributed by atoms with Crippen LogP contribution < -0.4 is 10.6 Å². The SMILES string of the molecule is Cl.O=C(NC1CCSCC1)C1CNCCO1. The molecular formula is C10H19ClN2O2S. The van der Waals surface area contributed by atoms with Gasteiger partial charge in [0.25, 0.3) is 5.91 Å². The Balaban J connectivity index is 0.00000128. The summed E-state index contributed by atoms with van der Waals surface area (Å²) >= 11 is 1.97. The summed E-state index contributed by atoms with van der Waals surface area (Å²) in [5.41, 5.74) is 0. The minimum atomic E-state index is -0.284. The van der Waals surface area contributed by atoms with Gasteiger partial charge >= 0.3 is 0 Å². The highest BCUT2D eigenvalue weighted by atomic mass is 35.5. The molecule has 2 aliphatic rings. The lowest BCUT2D eigenvalue weighted by atomic mass is 10.1. The Kier molecular flexibility index (Phi) is 6.49. The molecule has 94 valence electrons. The van der Waals surface area contributed by atoms with Gasteiger partial charge in [0.05, 0.1) is 6.61 Å². The van der Waals surface area contributed by atoms with Crippen LogP contribution in [0, 0.1) is 0 Å². The Bertz CT molecular complexity index is 219. The Morgan fingerprint density at radius 3 is 2.75 bits per heavy atom. The second-order valence-corrected chi connectivity index (χ2v) is 5.18. The summed E-state index contributed by atoms with van der Waals surface area (Å²) in [5, 5.41) is 6.23. The van der Waals surface area contributed by atoms with E-state index in [4.69, 9.17) is 4.74 Å². The average molecular weight is 267 g/mol. The predicted octanol–water partition coefficient (Wildman–Crippen LogP) is 0.408. The summed E-state index contributed by atoms with van der Waals surface area (Å²) in [7, 11) is 0. The van der Waals surface area contributed by atoms with Gasteiger partial charge in [-0.1, -0.05) is 0 Å². The first-order chi connectivity index (χ1) is 7.36. The molecule has 0 bridgehead atoms. The first kappa shape index (κ1) is 14.1. The van der Waals surface area contributed by atoms with Crippen LogP contribution in [0.15, 0.2) is 0 Å². The number of amides is 1. The first-order valence-corrected chi connectivity index (χ1v) is 6.72. The summed E-state index contributed by atoms with van der Waals surface area (Å²) in [6.45, 7) is 2.13. The number of ether oxygens (including phenoxy) is 1. The molecule has 2 saturated heterocycles. The number of rotatable bonds is 2. The smallest absolute Gasteiger partial charge is 0.250 e. The molecule has 1 unspecified atom stereocenters. The lowest BCUT2D eigenvalue weighted by molar-refractivity contribution is -0.135. The minimum absolute atomic E-state index is 0. The average Bonchev–Trinajstić information content (AvgIpc) is 2.31. The number of halogens is 1. The van der Waals surface area contributed by atoms with Crippen molar-refractivity contribution in [3.8, 4) is 0 Å². The van der Waals surface area contributed by atoms with Crippen molar-refractivity contribution in [1.29, 1.82) is 0 Å². The van der Waals surface area contributed by atoms with Gasteiger partial charge in [-0.15, -0.1) is 12.4 Å². The second-order valence-electron chi connectivity index (χ2n) is 3.96. The Labute approximate surface area is 107 Å². The molecule has 2 heterocycles. The minimum Gasteiger partial charge on any atom is -0.366 e. The van der Waals surface area contributed by atoms with Gasteiger partial charge in [-0.3, -0.25) is 4.79 Å². The molecule has 2 fully saturated rings. The topological polar surface area (TPSA) is 50.4 Å². The van der Waals surface area contributed by atoms with Crippen molar-refractivity contribution in [2.24, 2.45) is 0 Å². The molecule has 0 saturated carbocycles. The number of thioether (sulfide) groups is 1. The van der Waals surface area contributed by atoms with Crippen molar-refractivity contribution in [3.05, 3.63) is 0 Å². The monoisotopic (exact) mass is 266 g/mol. The normalized spacial score (nSPS) is 26.9. The molecule has 1 atom stereocenters. The van der Waals surface area contributed by atoms with Gasteiger partial charge in [-0.25, -0.2) is 0 Å². The molecule has 0 aromatic carbocycles. The van der Waals surface area contributed by atoms with E-state index in [0.29, 0.717) is 19.2 Å². The van der Waals surface area contributed by atoms with Crippen molar-refractivity contribution >= 4 is 30.1 Å². The van der Waals surface area contributed by atoms with Gasteiger partial charge in [0.15, 0.2) is 0 Å². The van der Waals surface area contributed by atoms with Gasteiger partial charge in [-0.05, 0) is 24.3 Å². The summed E-state index contributed by atoms with van der Waals surface area (Å²) in [6.07, 6.45) is 1.90. The third kappa shape index (κ3) is 4.13. The van der Waals surface area contributed by atoms with Gasteiger partial charge in [0.2, 0.25) is 0 Å². The largest absolute Gasteiger partial charge is 0.366 e. The molecule has 6 heteroatoms. The highest BCUT2D eigenvalue weighted by Crippen LogP contribution is 2.17. The molecule has 0 aromatic rings. The van der Waals surface area contributed by atoms with Gasteiger partial charge < -0.3 is 15.4 Å². The van der Waals surface area contributed by atoms with Crippen LogP contribution in [0.4, 0.5) is 0 Å². The van der Waals surface area contributed by atoms with Crippen molar-refractivity contribution in [2.75, 3.05) is 31.2 Å². The summed E-state index contributed by atoms with van der Waals surface area (Å²) < 4.78 is 5.40. The van der Waals surface area contributed by atoms with Gasteiger partial charge in [0, 0.05) is 19.1 Å². The second kappa shape index (κ2) is 7.37. The fourth-order valence-corrected chi connectivity index (χ4v) is 2.98. The van der Waals surface area contributed by atoms with Gasteiger partial charge in [-0.2, -0.15) is 11.8 Å². The van der Waals surface area contributed by atoms with E-state index in [1.165, 1.54) is 0 Å². The zero-order valence-corrected chi connectivity index (χ0v) is 10.9. The maximum Gasteiger partial charge on any atom is 0.250 e. The van der Waals surface area contributed by atoms with Crippen LogP contribution in [0.3, 0.4) is 0 Å². The first-order valence-electron chi connectivity index (χ1n) is 5.57. The van der Waals surface area contributed by atoms with Crippen molar-refractivity contribution in [3.63, 3.8) is 0 Å². The van der Waals surface area contributed by atoms with E-state index < -0.39 is 0 Å². The molecule has 2 N–H and O–H groups in total. The molecule has 0 aromatic heterocycles. The molecule has 0 spiro atoms. The highest BCUT2D eigenvalue weighted by molar-refractivity contribution is 7.99. The van der Waals surface area contributed by atoms with Crippen molar-refractivity contribution in [2.45, 2.75) is 25.0 Å². The van der Waals surface area contributed by atoms with Crippen LogP contribution in [-0.2, 0) is 9.53 Å². The lowest BCUT2D eigenvalue weighted by Crippen LogP contribution is -2.50. The van der Waals surface area contributed by atoms with E-state index >= 15 is 0 Å². The van der Waals surface area contributed by atoms with Crippen LogP contribution in [-0.4, -0.2) is 49.3 Å². The number of morpholine rings is 1. The van der Waals surface area contributed by atoms with E-state index in [2.05, 4.69) is 10.6 Å². The molecule has 4 nitrogen and oxygen atoms in total. The Morgan fingerprint density at radius 1 is 1.38 bits per heavy atom. The number of hydrogen-bond acceptors (Lipinski definition) is 4. The van der Waals surface area contributed by atoms with E-state index in [1.54, 1.807) is 0 Å². The lowest BCUT2D eigenvalue weighted by Gasteiger charge is -2.27. The fraction of sp³-hybridized carbons (Fsp3) is 0.900. The molecule has 0 aliphatic carbocycles. The predicted molar refractivity (Wildman–Crippen MR) is 68.3 cm³/mol. The summed E-state index contributed by atoms with van der Waals surface area (Å²) in [6, 6.07) is 0.365. The van der Waals surface area contributed by atoms with E-state index in [9.17, 15) is 4.79 Å². The van der Waals surface area contributed by atoms with E-state index in [1.807, 2.05) is 11.8 Å². The van der Waals surface area contributed by atoms with E-state index in [-0.39, 0.29) is 24.4 Å². The standard InChI is InChI=1S/C10H18N2O2S.ClH/c13-10(9-7-11-3-4-14-9)12-8-1-5-15-6-2-8;/h8-9,11H,1-7H2,(H,12,13);1H. The molecule has 16 heavy (non-hydrogen) atoms. The van der Waals surface area contributed by atoms with Crippen molar-refractivity contribution < 1.29 is 9.53 Å². The summed E-state index contributed by atoms with van der Waals surface area (Å²) in [5.74, 6) is 2.38. The molecule has 0 radical (unpaired) electrons. The quantitative estimate of drug-likeness (QED) is 0.760. The van der Waals surface area contributed by atoms with Gasteiger partial charge in [0.1, 0.15) is 6.10 Å². The molecule has 2 rings (SSSR count). The van der Waals surface area contributed by atoms with Crippen LogP contribution in [0.2, 0.25) is 0 Å². The molecule has 1 amide bonds. The van der Waals surface area contributed by atoms with Crippen molar-refractivity contribution in [1.82, 2.24) is 10.6 Å². The fourth-order valence-electron chi connectivity index (χ4n) is 1.87. The Morgan fingerprint density at radius 2 is 2.12 bits per heavy atom. The highest BCUT2D eigenvalue weighted by Gasteiger charge is 2.24. The van der Waals surface area contributed by atoms with Crippen LogP contribution in [0.1, 0.15) is 12.8 Å². The van der Waals surface area contributed by atoms with Crippen LogP contribution in [0.5, 0.6) is 0 Å². The maximum atomic E-state index is 11.8. The zero-order valence-electron chi connectivity index (χ0n) is 9.24. The zero-order chi connectivity index (χ0) is 10.5. The van der Waals surface area contributed by atoms with Crippen LogP contribution >= 0.6 is 24.2 Å². The number of hydrogen-bond donors (Lipinski definition) is 2. The number of carbonyl (C=O) groups is 1. The summed E-state index contributed by atoms with van der Waals surface area (Å²) in [4.78, 5) is 11.8. The third-order valence-corrected chi connectivity index (χ3v) is 3.84. The molecule has 2 aliphatic heterocycles.